The first-order chi connectivity index (χ1) is 19.9. The molecule has 7 heteroatoms. The van der Waals surface area contributed by atoms with Gasteiger partial charge in [-0.3, -0.25) is 14.4 Å². The first kappa shape index (κ1) is 34.9. The molecule has 1 fully saturated rings. The smallest absolute Gasteiger partial charge is 0.305 e. The summed E-state index contributed by atoms with van der Waals surface area (Å²) in [5, 5.41) is 3.08. The first-order valence-corrected chi connectivity index (χ1v) is 16.4. The number of carbonyl (C=O) groups is 3. The van der Waals surface area contributed by atoms with Crippen molar-refractivity contribution in [2.75, 3.05) is 14.2 Å². The summed E-state index contributed by atoms with van der Waals surface area (Å²) in [6.07, 6.45) is 21.3. The van der Waals surface area contributed by atoms with Gasteiger partial charge in [0.15, 0.2) is 0 Å². The van der Waals surface area contributed by atoms with Crippen LogP contribution in [0.15, 0.2) is 22.8 Å². The van der Waals surface area contributed by atoms with Crippen LogP contribution in [0.5, 0.6) is 0 Å². The van der Waals surface area contributed by atoms with Gasteiger partial charge in [-0.2, -0.15) is 0 Å². The molecule has 0 saturated heterocycles. The van der Waals surface area contributed by atoms with Crippen molar-refractivity contribution in [3.05, 3.63) is 24.2 Å². The van der Waals surface area contributed by atoms with Crippen molar-refractivity contribution in [3.63, 3.8) is 0 Å². The zero-order valence-electron chi connectivity index (χ0n) is 26.1. The second-order valence-corrected chi connectivity index (χ2v) is 12.3. The molecule has 1 aliphatic rings. The van der Waals surface area contributed by atoms with E-state index in [4.69, 9.17) is 13.9 Å². The van der Waals surface area contributed by atoms with Gasteiger partial charge < -0.3 is 19.2 Å². The zero-order valence-corrected chi connectivity index (χ0v) is 26.1. The van der Waals surface area contributed by atoms with E-state index in [1.165, 1.54) is 78.4 Å². The molecule has 0 bridgehead atoms. The molecule has 1 heterocycles. The van der Waals surface area contributed by atoms with Gasteiger partial charge in [0.05, 0.1) is 27.0 Å². The van der Waals surface area contributed by atoms with Gasteiger partial charge in [-0.1, -0.05) is 90.4 Å². The Labute approximate surface area is 248 Å². The third kappa shape index (κ3) is 15.5. The van der Waals surface area contributed by atoms with Crippen molar-refractivity contribution in [1.29, 1.82) is 0 Å². The lowest BCUT2D eigenvalue weighted by Crippen LogP contribution is -2.32. The van der Waals surface area contributed by atoms with Gasteiger partial charge in [0.1, 0.15) is 5.76 Å². The molecule has 234 valence electrons. The Balaban J connectivity index is 2.19. The van der Waals surface area contributed by atoms with Crippen molar-refractivity contribution in [2.45, 2.75) is 135 Å². The van der Waals surface area contributed by atoms with Gasteiger partial charge in [-0.15, -0.1) is 0 Å². The van der Waals surface area contributed by atoms with Crippen LogP contribution in [0.25, 0.3) is 0 Å². The summed E-state index contributed by atoms with van der Waals surface area (Å²) in [7, 11) is 2.87. The van der Waals surface area contributed by atoms with Crippen LogP contribution in [0.3, 0.4) is 0 Å². The Morgan fingerprint density at radius 1 is 0.829 bits per heavy atom. The average molecular weight is 576 g/mol. The summed E-state index contributed by atoms with van der Waals surface area (Å²) in [5.41, 5.74) is 0. The summed E-state index contributed by atoms with van der Waals surface area (Å²) < 4.78 is 15.5. The summed E-state index contributed by atoms with van der Waals surface area (Å²) >= 11 is 0. The number of nitrogens with one attached hydrogen (secondary N) is 1. The van der Waals surface area contributed by atoms with Crippen molar-refractivity contribution in [3.8, 4) is 0 Å². The highest BCUT2D eigenvalue weighted by Crippen LogP contribution is 2.34. The molecular formula is C34H57NO6. The normalized spacial score (nSPS) is 24.6. The molecule has 2 unspecified atom stereocenters. The van der Waals surface area contributed by atoms with Crippen molar-refractivity contribution >= 4 is 17.8 Å². The second kappa shape index (κ2) is 21.4. The van der Waals surface area contributed by atoms with E-state index in [0.29, 0.717) is 31.7 Å². The molecule has 1 N–H and O–H groups in total. The fourth-order valence-corrected chi connectivity index (χ4v) is 6.40. The van der Waals surface area contributed by atoms with Gasteiger partial charge in [0, 0.05) is 18.8 Å². The maximum absolute atomic E-state index is 13.5. The highest BCUT2D eigenvalue weighted by molar-refractivity contribution is 5.78. The molecule has 0 aliphatic heterocycles. The van der Waals surface area contributed by atoms with Crippen molar-refractivity contribution < 1.29 is 28.3 Å². The van der Waals surface area contributed by atoms with E-state index in [-0.39, 0.29) is 35.6 Å². The lowest BCUT2D eigenvalue weighted by Gasteiger charge is -2.30. The van der Waals surface area contributed by atoms with E-state index in [1.54, 1.807) is 6.26 Å². The monoisotopic (exact) mass is 575 g/mol. The van der Waals surface area contributed by atoms with E-state index < -0.39 is 0 Å². The summed E-state index contributed by atoms with van der Waals surface area (Å²) in [4.78, 5) is 38.0. The van der Waals surface area contributed by atoms with Gasteiger partial charge >= 0.3 is 11.9 Å². The lowest BCUT2D eigenvalue weighted by atomic mass is 9.76. The molecule has 0 spiro atoms. The first-order valence-electron chi connectivity index (χ1n) is 16.4. The molecule has 0 radical (unpaired) electrons. The Kier molecular flexibility index (Phi) is 18.2. The number of esters is 2. The number of hydrogen-bond acceptors (Lipinski definition) is 6. The number of hydrogen-bond donors (Lipinski definition) is 1. The van der Waals surface area contributed by atoms with E-state index >= 15 is 0 Å². The Hall–Kier alpha value is -2.31. The average Bonchev–Trinajstić information content (AvgIpc) is 3.50. The fourth-order valence-electron chi connectivity index (χ4n) is 6.40. The Morgan fingerprint density at radius 3 is 1.98 bits per heavy atom. The van der Waals surface area contributed by atoms with Crippen LogP contribution >= 0.6 is 0 Å². The van der Waals surface area contributed by atoms with Crippen LogP contribution in [-0.4, -0.2) is 32.1 Å². The summed E-state index contributed by atoms with van der Waals surface area (Å²) in [5.74, 6) is 0.865. The van der Waals surface area contributed by atoms with Crippen LogP contribution in [-0.2, 0) is 30.4 Å². The zero-order chi connectivity index (χ0) is 29.7. The molecule has 1 aromatic rings. The van der Waals surface area contributed by atoms with Crippen LogP contribution in [0.2, 0.25) is 0 Å². The quantitative estimate of drug-likeness (QED) is 0.314. The maximum Gasteiger partial charge on any atom is 0.305 e. The topological polar surface area (TPSA) is 94.8 Å². The van der Waals surface area contributed by atoms with Crippen LogP contribution in [0, 0.1) is 23.7 Å². The van der Waals surface area contributed by atoms with Gasteiger partial charge in [0.25, 0.3) is 0 Å². The molecule has 0 aromatic carbocycles. The molecule has 1 aliphatic carbocycles. The third-order valence-corrected chi connectivity index (χ3v) is 9.04. The molecule has 1 saturated carbocycles. The van der Waals surface area contributed by atoms with Crippen molar-refractivity contribution in [2.24, 2.45) is 23.7 Å². The van der Waals surface area contributed by atoms with Crippen LogP contribution < -0.4 is 5.32 Å². The molecule has 1 aromatic heterocycles. The van der Waals surface area contributed by atoms with E-state index in [2.05, 4.69) is 12.2 Å². The van der Waals surface area contributed by atoms with Crippen LogP contribution in [0.1, 0.15) is 135 Å². The number of furan rings is 1. The molecule has 41 heavy (non-hydrogen) atoms. The number of rotatable bonds is 8. The number of methoxy groups -OCH3 is 2. The highest BCUT2D eigenvalue weighted by atomic mass is 16.5. The van der Waals surface area contributed by atoms with E-state index in [9.17, 15) is 14.4 Å². The van der Waals surface area contributed by atoms with Gasteiger partial charge in [-0.25, -0.2) is 0 Å². The number of amides is 1. The number of ether oxygens (including phenoxy) is 2. The Bertz CT molecular complexity index is 838. The fraction of sp³-hybridized carbons (Fsp3) is 0.794. The minimum Gasteiger partial charge on any atom is -0.469 e. The predicted molar refractivity (Wildman–Crippen MR) is 162 cm³/mol. The SMILES string of the molecule is COC(=O)CCC1C[C@H](CC(=O)OC)C[C@H](C(=O)NCc2ccco2)CCCCCCCCCCCCCCC1C. The van der Waals surface area contributed by atoms with E-state index in [0.717, 1.165) is 44.3 Å². The minimum absolute atomic E-state index is 0.0116. The van der Waals surface area contributed by atoms with Gasteiger partial charge in [0.2, 0.25) is 5.91 Å². The largest absolute Gasteiger partial charge is 0.469 e. The maximum atomic E-state index is 13.5. The molecule has 7 nitrogen and oxygen atoms in total. The molecular weight excluding hydrogens is 518 g/mol. The van der Waals surface area contributed by atoms with Crippen molar-refractivity contribution in [1.82, 2.24) is 5.32 Å². The summed E-state index contributed by atoms with van der Waals surface area (Å²) in [6.45, 7) is 2.65. The lowest BCUT2D eigenvalue weighted by molar-refractivity contribution is -0.143. The molecule has 2 rings (SSSR count). The van der Waals surface area contributed by atoms with Crippen LogP contribution in [0.4, 0.5) is 0 Å². The van der Waals surface area contributed by atoms with Gasteiger partial charge in [-0.05, 0) is 55.6 Å². The third-order valence-electron chi connectivity index (χ3n) is 9.04. The molecule has 1 amide bonds. The summed E-state index contributed by atoms with van der Waals surface area (Å²) in [6, 6.07) is 3.69. The number of carbonyl (C=O) groups excluding carboxylic acids is 3. The van der Waals surface area contributed by atoms with E-state index in [1.807, 2.05) is 12.1 Å². The highest BCUT2D eigenvalue weighted by Gasteiger charge is 2.29. The standard InChI is InChI=1S/C34H57NO6/c1-27-17-14-12-10-8-6-4-5-7-9-11-13-15-18-30(34(38)35-26-31-19-16-22-41-31)24-28(25-33(37)40-3)23-29(27)20-21-32(36)39-2/h16,19,22,27-30H,4-15,17-18,20-21,23-26H2,1-3H3,(H,35,38)/t27?,28-,29?,30+/m0/s1. The predicted octanol–water partition coefficient (Wildman–Crippen LogP) is 8.15. The Morgan fingerprint density at radius 2 is 1.41 bits per heavy atom. The minimum atomic E-state index is -0.237. The second-order valence-electron chi connectivity index (χ2n) is 12.3. The molecule has 4 atom stereocenters.